The first-order valence-corrected chi connectivity index (χ1v) is 11.7. The fourth-order valence-corrected chi connectivity index (χ4v) is 4.53. The van der Waals surface area contributed by atoms with E-state index >= 15 is 0 Å². The molecule has 180 valence electrons. The van der Waals surface area contributed by atoms with E-state index in [0.29, 0.717) is 31.1 Å². The van der Waals surface area contributed by atoms with Gasteiger partial charge in [-0.1, -0.05) is 19.1 Å². The van der Waals surface area contributed by atoms with Crippen molar-refractivity contribution >= 4 is 17.4 Å². The SMILES string of the molecule is CCCOc1ccc(/C(O)=C2/C(=O)C(=O)N(CC3CCCO3)C2c2ccc(OC)cc2)cc1C. The number of hydrogen-bond acceptors (Lipinski definition) is 6. The average Bonchev–Trinajstić information content (AvgIpc) is 3.45. The van der Waals surface area contributed by atoms with Crippen LogP contribution in [-0.4, -0.2) is 54.7 Å². The molecule has 1 amide bonds. The number of carbonyl (C=O) groups is 2. The molecule has 0 aromatic heterocycles. The van der Waals surface area contributed by atoms with Crippen LogP contribution in [0.1, 0.15) is 48.9 Å². The summed E-state index contributed by atoms with van der Waals surface area (Å²) in [5.74, 6) is -0.126. The van der Waals surface area contributed by atoms with Gasteiger partial charge < -0.3 is 24.2 Å². The number of hydrogen-bond donors (Lipinski definition) is 1. The number of amides is 1. The van der Waals surface area contributed by atoms with Gasteiger partial charge in [0.05, 0.1) is 31.4 Å². The van der Waals surface area contributed by atoms with Gasteiger partial charge in [0, 0.05) is 18.7 Å². The highest BCUT2D eigenvalue weighted by atomic mass is 16.5. The number of nitrogens with zero attached hydrogens (tertiary/aromatic N) is 1. The third kappa shape index (κ3) is 4.66. The van der Waals surface area contributed by atoms with E-state index in [-0.39, 0.29) is 17.4 Å². The zero-order chi connectivity index (χ0) is 24.2. The van der Waals surface area contributed by atoms with Gasteiger partial charge in [0.15, 0.2) is 0 Å². The van der Waals surface area contributed by atoms with Gasteiger partial charge >= 0.3 is 0 Å². The molecule has 0 bridgehead atoms. The lowest BCUT2D eigenvalue weighted by molar-refractivity contribution is -0.140. The Kier molecular flexibility index (Phi) is 7.22. The lowest BCUT2D eigenvalue weighted by Gasteiger charge is -2.27. The van der Waals surface area contributed by atoms with E-state index in [4.69, 9.17) is 14.2 Å². The number of Topliss-reactive ketones (excluding diaryl/α,β-unsaturated/α-hetero) is 1. The summed E-state index contributed by atoms with van der Waals surface area (Å²) in [4.78, 5) is 27.8. The minimum absolute atomic E-state index is 0.0785. The summed E-state index contributed by atoms with van der Waals surface area (Å²) in [5.41, 5.74) is 2.11. The summed E-state index contributed by atoms with van der Waals surface area (Å²) < 4.78 is 16.7. The Hall–Kier alpha value is -3.32. The Balaban J connectivity index is 1.77. The van der Waals surface area contributed by atoms with E-state index in [2.05, 4.69) is 0 Å². The Morgan fingerprint density at radius 2 is 1.94 bits per heavy atom. The van der Waals surface area contributed by atoms with Crippen molar-refractivity contribution in [2.45, 2.75) is 45.3 Å². The molecule has 0 spiro atoms. The van der Waals surface area contributed by atoms with Crippen molar-refractivity contribution in [2.24, 2.45) is 0 Å². The van der Waals surface area contributed by atoms with Crippen LogP contribution in [0.3, 0.4) is 0 Å². The molecule has 2 heterocycles. The molecule has 2 aliphatic heterocycles. The van der Waals surface area contributed by atoms with Gasteiger partial charge in [-0.25, -0.2) is 0 Å². The number of benzene rings is 2. The normalized spacial score (nSPS) is 21.8. The maximum absolute atomic E-state index is 13.2. The molecule has 0 radical (unpaired) electrons. The Morgan fingerprint density at radius 3 is 2.56 bits per heavy atom. The van der Waals surface area contributed by atoms with Crippen LogP contribution in [-0.2, 0) is 14.3 Å². The highest BCUT2D eigenvalue weighted by molar-refractivity contribution is 6.46. The lowest BCUT2D eigenvalue weighted by Crippen LogP contribution is -2.36. The van der Waals surface area contributed by atoms with Crippen LogP contribution in [0.5, 0.6) is 11.5 Å². The number of ether oxygens (including phenoxy) is 3. The van der Waals surface area contributed by atoms with Crippen molar-refractivity contribution in [1.29, 1.82) is 0 Å². The summed E-state index contributed by atoms with van der Waals surface area (Å²) >= 11 is 0. The number of methoxy groups -OCH3 is 1. The molecule has 2 atom stereocenters. The topological polar surface area (TPSA) is 85.3 Å². The van der Waals surface area contributed by atoms with Crippen molar-refractivity contribution in [1.82, 2.24) is 4.90 Å². The van der Waals surface area contributed by atoms with Crippen molar-refractivity contribution < 1.29 is 28.9 Å². The number of aliphatic hydroxyl groups excluding tert-OH is 1. The molecule has 2 fully saturated rings. The van der Waals surface area contributed by atoms with Crippen molar-refractivity contribution in [2.75, 3.05) is 26.9 Å². The van der Waals surface area contributed by atoms with Crippen LogP contribution < -0.4 is 9.47 Å². The first-order valence-electron chi connectivity index (χ1n) is 11.7. The number of aryl methyl sites for hydroxylation is 1. The summed E-state index contributed by atoms with van der Waals surface area (Å²) in [7, 11) is 1.58. The minimum Gasteiger partial charge on any atom is -0.507 e. The fourth-order valence-electron chi connectivity index (χ4n) is 4.53. The maximum atomic E-state index is 13.2. The first kappa shape index (κ1) is 23.8. The number of rotatable bonds is 8. The zero-order valence-electron chi connectivity index (χ0n) is 19.9. The molecular weight excluding hydrogens is 434 g/mol. The van der Waals surface area contributed by atoms with Gasteiger partial charge in [-0.05, 0) is 67.6 Å². The molecule has 1 N–H and O–H groups in total. The van der Waals surface area contributed by atoms with E-state index in [9.17, 15) is 14.7 Å². The predicted molar refractivity (Wildman–Crippen MR) is 128 cm³/mol. The number of aliphatic hydroxyl groups is 1. The average molecular weight is 466 g/mol. The Labute approximate surface area is 199 Å². The second-order valence-corrected chi connectivity index (χ2v) is 8.69. The highest BCUT2D eigenvalue weighted by Crippen LogP contribution is 2.41. The molecule has 4 rings (SSSR count). The molecule has 7 heteroatoms. The van der Waals surface area contributed by atoms with Crippen LogP contribution in [0.2, 0.25) is 0 Å². The van der Waals surface area contributed by atoms with Crippen LogP contribution in [0.15, 0.2) is 48.0 Å². The van der Waals surface area contributed by atoms with Crippen LogP contribution in [0.4, 0.5) is 0 Å². The Bertz CT molecular complexity index is 1080. The molecule has 2 aromatic carbocycles. The largest absolute Gasteiger partial charge is 0.507 e. The maximum Gasteiger partial charge on any atom is 0.295 e. The molecule has 0 aliphatic carbocycles. The monoisotopic (exact) mass is 465 g/mol. The third-order valence-corrected chi connectivity index (χ3v) is 6.31. The molecule has 2 aromatic rings. The first-order chi connectivity index (χ1) is 16.4. The summed E-state index contributed by atoms with van der Waals surface area (Å²) in [6, 6.07) is 11.8. The molecule has 2 aliphatic rings. The van der Waals surface area contributed by atoms with Gasteiger partial charge in [-0.2, -0.15) is 0 Å². The second kappa shape index (κ2) is 10.3. The van der Waals surface area contributed by atoms with Crippen molar-refractivity contribution in [3.05, 3.63) is 64.7 Å². The number of carbonyl (C=O) groups excluding carboxylic acids is 2. The number of ketones is 1. The third-order valence-electron chi connectivity index (χ3n) is 6.31. The minimum atomic E-state index is -0.716. The van der Waals surface area contributed by atoms with Gasteiger partial charge in [0.2, 0.25) is 0 Å². The van der Waals surface area contributed by atoms with Crippen LogP contribution in [0, 0.1) is 6.92 Å². The predicted octanol–water partition coefficient (Wildman–Crippen LogP) is 4.39. The summed E-state index contributed by atoms with van der Waals surface area (Å²) in [5, 5.41) is 11.3. The van der Waals surface area contributed by atoms with E-state index in [1.165, 1.54) is 4.90 Å². The van der Waals surface area contributed by atoms with Gasteiger partial charge in [-0.15, -0.1) is 0 Å². The molecule has 2 unspecified atom stereocenters. The van der Waals surface area contributed by atoms with Gasteiger partial charge in [0.1, 0.15) is 17.3 Å². The van der Waals surface area contributed by atoms with Gasteiger partial charge in [-0.3, -0.25) is 9.59 Å². The smallest absolute Gasteiger partial charge is 0.295 e. The summed E-state index contributed by atoms with van der Waals surface area (Å²) in [6.07, 6.45) is 2.51. The Morgan fingerprint density at radius 1 is 1.18 bits per heavy atom. The molecule has 34 heavy (non-hydrogen) atoms. The van der Waals surface area contributed by atoms with E-state index < -0.39 is 17.7 Å². The van der Waals surface area contributed by atoms with E-state index in [1.807, 2.05) is 26.0 Å². The molecular formula is C27H31NO6. The zero-order valence-corrected chi connectivity index (χ0v) is 19.9. The standard InChI is InChI=1S/C27H31NO6/c1-4-13-34-22-12-9-19(15-17(22)2)25(29)23-24(18-7-10-20(32-3)11-8-18)28(27(31)26(23)30)16-21-6-5-14-33-21/h7-12,15,21,24,29H,4-6,13-14,16H2,1-3H3/b25-23-. The van der Waals surface area contributed by atoms with E-state index in [0.717, 1.165) is 36.1 Å². The fraction of sp³-hybridized carbons (Fsp3) is 0.407. The number of likely N-dealkylation sites (tertiary alicyclic amines) is 1. The highest BCUT2D eigenvalue weighted by Gasteiger charge is 2.47. The molecule has 0 saturated carbocycles. The summed E-state index contributed by atoms with van der Waals surface area (Å²) in [6.45, 7) is 5.45. The van der Waals surface area contributed by atoms with Crippen LogP contribution in [0.25, 0.3) is 5.76 Å². The van der Waals surface area contributed by atoms with Crippen molar-refractivity contribution in [3.63, 3.8) is 0 Å². The second-order valence-electron chi connectivity index (χ2n) is 8.69. The molecule has 7 nitrogen and oxygen atoms in total. The quantitative estimate of drug-likeness (QED) is 0.354. The van der Waals surface area contributed by atoms with Crippen molar-refractivity contribution in [3.8, 4) is 11.5 Å². The molecule has 2 saturated heterocycles. The van der Waals surface area contributed by atoms with Gasteiger partial charge in [0.25, 0.3) is 11.7 Å². The van der Waals surface area contributed by atoms with E-state index in [1.54, 1.807) is 37.4 Å². The van der Waals surface area contributed by atoms with Crippen LogP contribution >= 0.6 is 0 Å². The lowest BCUT2D eigenvalue weighted by atomic mass is 9.94.